The first-order valence-electron chi connectivity index (χ1n) is 12.8. The first-order valence-corrected chi connectivity index (χ1v) is 14.3. The summed E-state index contributed by atoms with van der Waals surface area (Å²) in [5.41, 5.74) is 0. The normalized spacial score (nSPS) is 15.3. The van der Waals surface area contributed by atoms with Crippen molar-refractivity contribution in [3.05, 3.63) is 36.5 Å². The highest BCUT2D eigenvalue weighted by Gasteiger charge is 2.24. The predicted octanol–water partition coefficient (Wildman–Crippen LogP) is 5.32. The van der Waals surface area contributed by atoms with Crippen LogP contribution < -0.4 is 0 Å². The molecule has 0 spiro atoms. The number of rotatable bonds is 22. The second-order valence-electron chi connectivity index (χ2n) is 9.64. The number of ether oxygens (including phenoxy) is 1. The van der Waals surface area contributed by atoms with Gasteiger partial charge in [-0.05, 0) is 25.7 Å². The van der Waals surface area contributed by atoms with Crippen LogP contribution in [0.5, 0.6) is 0 Å². The second-order valence-corrected chi connectivity index (χ2v) is 11.1. The molecule has 0 fully saturated rings. The number of nitrogens with zero attached hydrogens (tertiary/aromatic N) is 1. The molecule has 2 atom stereocenters. The van der Waals surface area contributed by atoms with E-state index in [2.05, 4.69) is 43.4 Å². The number of allylic oxidation sites excluding steroid dienone is 6. The van der Waals surface area contributed by atoms with Gasteiger partial charge in [0, 0.05) is 6.42 Å². The van der Waals surface area contributed by atoms with Gasteiger partial charge < -0.3 is 19.2 Å². The Kier molecular flexibility index (Phi) is 20.1. The van der Waals surface area contributed by atoms with Crippen LogP contribution in [-0.2, 0) is 23.1 Å². The minimum atomic E-state index is -4.25. The molecular formula is C26H49NO7P+. The number of unbranched alkanes of at least 4 members (excludes halogenated alkanes) is 7. The maximum Gasteiger partial charge on any atom is 0.472 e. The van der Waals surface area contributed by atoms with Crippen molar-refractivity contribution in [1.29, 1.82) is 0 Å². The summed E-state index contributed by atoms with van der Waals surface area (Å²) in [6.07, 6.45) is 21.4. The average molecular weight is 519 g/mol. The SMILES string of the molecule is CCCC/C=C/C=C/C=C\CCCCCCCC(=O)OCC(O)COP(=O)(O)OCC[N+](C)(C)C. The predicted molar refractivity (Wildman–Crippen MR) is 141 cm³/mol. The van der Waals surface area contributed by atoms with E-state index in [0.717, 1.165) is 44.9 Å². The molecule has 2 N–H and O–H groups in total. The number of hydrogen-bond acceptors (Lipinski definition) is 6. The van der Waals surface area contributed by atoms with Gasteiger partial charge in [-0.25, -0.2) is 4.57 Å². The minimum Gasteiger partial charge on any atom is -0.463 e. The van der Waals surface area contributed by atoms with Gasteiger partial charge in [-0.2, -0.15) is 0 Å². The van der Waals surface area contributed by atoms with Gasteiger partial charge in [0.05, 0.1) is 27.7 Å². The fraction of sp³-hybridized carbons (Fsp3) is 0.731. The number of carbonyl (C=O) groups is 1. The largest absolute Gasteiger partial charge is 0.472 e. The first-order chi connectivity index (χ1) is 16.6. The summed E-state index contributed by atoms with van der Waals surface area (Å²) in [4.78, 5) is 21.4. The van der Waals surface area contributed by atoms with Gasteiger partial charge >= 0.3 is 13.8 Å². The summed E-state index contributed by atoms with van der Waals surface area (Å²) < 4.78 is 27.0. The van der Waals surface area contributed by atoms with Gasteiger partial charge in [-0.1, -0.05) is 75.5 Å². The molecule has 35 heavy (non-hydrogen) atoms. The van der Waals surface area contributed by atoms with Crippen molar-refractivity contribution in [3.8, 4) is 0 Å². The van der Waals surface area contributed by atoms with Gasteiger partial charge in [0.15, 0.2) is 0 Å². The van der Waals surface area contributed by atoms with Crippen LogP contribution in [0.25, 0.3) is 0 Å². The van der Waals surface area contributed by atoms with Crippen molar-refractivity contribution in [2.45, 2.75) is 77.2 Å². The number of likely N-dealkylation sites (N-methyl/N-ethyl adjacent to an activating group) is 1. The lowest BCUT2D eigenvalue weighted by Gasteiger charge is -2.24. The number of aliphatic hydroxyl groups is 1. The van der Waals surface area contributed by atoms with Crippen LogP contribution in [0.2, 0.25) is 0 Å². The van der Waals surface area contributed by atoms with Crippen molar-refractivity contribution < 1.29 is 37.6 Å². The molecule has 0 aliphatic heterocycles. The quantitative estimate of drug-likeness (QED) is 0.0657. The van der Waals surface area contributed by atoms with Gasteiger partial charge in [0.2, 0.25) is 0 Å². The van der Waals surface area contributed by atoms with E-state index in [1.165, 1.54) is 12.8 Å². The highest BCUT2D eigenvalue weighted by atomic mass is 31.2. The highest BCUT2D eigenvalue weighted by Crippen LogP contribution is 2.43. The molecule has 0 amide bonds. The van der Waals surface area contributed by atoms with Crippen LogP contribution in [-0.4, -0.2) is 74.1 Å². The third-order valence-electron chi connectivity index (χ3n) is 4.96. The number of quaternary nitrogens is 1. The number of aliphatic hydroxyl groups excluding tert-OH is 1. The molecule has 0 aromatic heterocycles. The molecule has 0 heterocycles. The number of phosphoric acid groups is 1. The van der Waals surface area contributed by atoms with E-state index in [9.17, 15) is 19.4 Å². The fourth-order valence-corrected chi connectivity index (χ4v) is 3.57. The zero-order valence-corrected chi connectivity index (χ0v) is 23.2. The summed E-state index contributed by atoms with van der Waals surface area (Å²) in [6.45, 7) is 2.03. The van der Waals surface area contributed by atoms with Crippen LogP contribution >= 0.6 is 7.82 Å². The molecule has 0 saturated heterocycles. The molecule has 0 bridgehead atoms. The van der Waals surface area contributed by atoms with Crippen LogP contribution in [0, 0.1) is 0 Å². The number of carbonyl (C=O) groups excluding carboxylic acids is 1. The average Bonchev–Trinajstić information content (AvgIpc) is 2.78. The molecule has 0 saturated carbocycles. The van der Waals surface area contributed by atoms with E-state index in [0.29, 0.717) is 11.0 Å². The van der Waals surface area contributed by atoms with Crippen molar-refractivity contribution in [3.63, 3.8) is 0 Å². The Balaban J connectivity index is 3.69. The molecule has 8 nitrogen and oxygen atoms in total. The lowest BCUT2D eigenvalue weighted by Crippen LogP contribution is -2.37. The third-order valence-corrected chi connectivity index (χ3v) is 5.95. The molecule has 0 radical (unpaired) electrons. The maximum atomic E-state index is 11.8. The second kappa shape index (κ2) is 20.9. The smallest absolute Gasteiger partial charge is 0.463 e. The standard InChI is InChI=1S/C26H48NO7P/c1-5-6-7-8-9-10-11-12-13-14-15-16-17-18-19-20-26(29)32-23-25(28)24-34-35(30,31)33-22-21-27(2,3)4/h8-13,25,28H,5-7,14-24H2,1-4H3/p+1/b9-8+,11-10+,13-12-. The minimum absolute atomic E-state index is 0.0491. The third kappa shape index (κ3) is 25.6. The van der Waals surface area contributed by atoms with Crippen molar-refractivity contribution >= 4 is 13.8 Å². The maximum absolute atomic E-state index is 11.8. The molecular weight excluding hydrogens is 469 g/mol. The van der Waals surface area contributed by atoms with Crippen molar-refractivity contribution in [1.82, 2.24) is 0 Å². The van der Waals surface area contributed by atoms with E-state index in [-0.39, 0.29) is 19.6 Å². The Morgan fingerprint density at radius 2 is 1.49 bits per heavy atom. The monoisotopic (exact) mass is 518 g/mol. The van der Waals surface area contributed by atoms with Gasteiger partial charge in [0.1, 0.15) is 25.9 Å². The Morgan fingerprint density at radius 1 is 0.886 bits per heavy atom. The zero-order chi connectivity index (χ0) is 26.4. The van der Waals surface area contributed by atoms with Gasteiger partial charge in [-0.15, -0.1) is 0 Å². The van der Waals surface area contributed by atoms with E-state index in [4.69, 9.17) is 13.8 Å². The highest BCUT2D eigenvalue weighted by molar-refractivity contribution is 7.47. The van der Waals surface area contributed by atoms with E-state index < -0.39 is 26.5 Å². The Morgan fingerprint density at radius 3 is 2.11 bits per heavy atom. The van der Waals surface area contributed by atoms with Crippen LogP contribution in [0.1, 0.15) is 71.1 Å². The summed E-state index contributed by atoms with van der Waals surface area (Å²) in [5.74, 6) is -0.395. The van der Waals surface area contributed by atoms with Crippen LogP contribution in [0.15, 0.2) is 36.5 Å². The molecule has 0 rings (SSSR count). The van der Waals surface area contributed by atoms with E-state index >= 15 is 0 Å². The van der Waals surface area contributed by atoms with Gasteiger partial charge in [-0.3, -0.25) is 13.8 Å². The Hall–Kier alpha value is -1.28. The first kappa shape index (κ1) is 33.7. The zero-order valence-electron chi connectivity index (χ0n) is 22.3. The molecule has 204 valence electrons. The molecule has 0 aliphatic rings. The molecule has 9 heteroatoms. The van der Waals surface area contributed by atoms with Crippen LogP contribution in [0.4, 0.5) is 0 Å². The fourth-order valence-electron chi connectivity index (χ4n) is 2.82. The topological polar surface area (TPSA) is 102 Å². The summed E-state index contributed by atoms with van der Waals surface area (Å²) in [7, 11) is 1.54. The lowest BCUT2D eigenvalue weighted by atomic mass is 10.1. The van der Waals surface area contributed by atoms with Gasteiger partial charge in [0.25, 0.3) is 0 Å². The molecule has 0 aromatic rings. The van der Waals surface area contributed by atoms with E-state index in [1.807, 2.05) is 21.1 Å². The molecule has 0 aliphatic carbocycles. The number of phosphoric ester groups is 1. The summed E-state index contributed by atoms with van der Waals surface area (Å²) in [6, 6.07) is 0. The molecule has 2 unspecified atom stereocenters. The number of hydrogen-bond donors (Lipinski definition) is 2. The van der Waals surface area contributed by atoms with Crippen LogP contribution in [0.3, 0.4) is 0 Å². The summed E-state index contributed by atoms with van der Waals surface area (Å²) >= 11 is 0. The van der Waals surface area contributed by atoms with E-state index in [1.54, 1.807) is 0 Å². The number of esters is 1. The molecule has 0 aromatic carbocycles. The summed E-state index contributed by atoms with van der Waals surface area (Å²) in [5, 5.41) is 9.81. The van der Waals surface area contributed by atoms with Crippen molar-refractivity contribution in [2.75, 3.05) is 47.5 Å². The Bertz CT molecular complexity index is 671. The lowest BCUT2D eigenvalue weighted by molar-refractivity contribution is -0.870. The Labute approximate surface area is 212 Å². The van der Waals surface area contributed by atoms with Crippen molar-refractivity contribution in [2.24, 2.45) is 0 Å².